The summed E-state index contributed by atoms with van der Waals surface area (Å²) in [6.07, 6.45) is 1.26. The molecular weight excluding hydrogens is 162 g/mol. The first-order valence-corrected chi connectivity index (χ1v) is 5.71. The Morgan fingerprint density at radius 1 is 1.27 bits per heavy atom. The Morgan fingerprint density at radius 2 is 1.73 bits per heavy atom. The Bertz CT molecular complexity index is 196. The van der Waals surface area contributed by atoms with Crippen LogP contribution in [0, 0.1) is 0 Å². The highest BCUT2D eigenvalue weighted by Crippen LogP contribution is 1.95. The summed E-state index contributed by atoms with van der Waals surface area (Å²) in [5, 5.41) is 2.79. The second-order valence-electron chi connectivity index (χ2n) is 3.20. The van der Waals surface area contributed by atoms with E-state index >= 15 is 0 Å². The summed E-state index contributed by atoms with van der Waals surface area (Å²) in [4.78, 5) is 0. The van der Waals surface area contributed by atoms with Crippen LogP contribution in [0.5, 0.6) is 0 Å². The normalized spacial score (nSPS) is 15.4. The molecule has 0 radical (unpaired) electrons. The maximum atomic E-state index is 10.9. The zero-order valence-corrected chi connectivity index (χ0v) is 8.40. The lowest BCUT2D eigenvalue weighted by atomic mass is 10.3. The van der Waals surface area contributed by atoms with Crippen LogP contribution in [0.15, 0.2) is 0 Å². The summed E-state index contributed by atoms with van der Waals surface area (Å²) in [6.45, 7) is 6.24. The van der Waals surface area contributed by atoms with Gasteiger partial charge in [-0.15, -0.1) is 0 Å². The highest BCUT2D eigenvalue weighted by atomic mass is 32.2. The van der Waals surface area contributed by atoms with Crippen molar-refractivity contribution in [3.8, 4) is 0 Å². The first-order chi connectivity index (χ1) is 4.84. The quantitative estimate of drug-likeness (QED) is 0.680. The first-order valence-electron chi connectivity index (χ1n) is 3.76. The van der Waals surface area contributed by atoms with Gasteiger partial charge in [-0.25, -0.2) is 8.42 Å². The molecule has 0 spiro atoms. The smallest absolute Gasteiger partial charge is 0.151 e. The standard InChI is InChI=1S/C7H17NO2S/c1-6(2)8-5-7(3)11(4,9)10/h6-8H,5H2,1-4H3. The molecule has 0 rings (SSSR count). The van der Waals surface area contributed by atoms with Gasteiger partial charge >= 0.3 is 0 Å². The Hall–Kier alpha value is -0.0900. The van der Waals surface area contributed by atoms with Crippen LogP contribution in [0.25, 0.3) is 0 Å². The summed E-state index contributed by atoms with van der Waals surface area (Å²) in [5.41, 5.74) is 0. The maximum absolute atomic E-state index is 10.9. The van der Waals surface area contributed by atoms with Crippen molar-refractivity contribution in [2.45, 2.75) is 32.1 Å². The minimum atomic E-state index is -2.86. The van der Waals surface area contributed by atoms with Gasteiger partial charge in [0.15, 0.2) is 9.84 Å². The molecule has 0 aliphatic rings. The Labute approximate surface area is 69.1 Å². The third-order valence-electron chi connectivity index (χ3n) is 1.54. The molecule has 3 nitrogen and oxygen atoms in total. The summed E-state index contributed by atoms with van der Waals surface area (Å²) in [5.74, 6) is 0. The van der Waals surface area contributed by atoms with E-state index in [1.165, 1.54) is 6.26 Å². The van der Waals surface area contributed by atoms with Crippen molar-refractivity contribution in [1.82, 2.24) is 5.32 Å². The molecule has 1 atom stereocenters. The fourth-order valence-electron chi connectivity index (χ4n) is 0.553. The van der Waals surface area contributed by atoms with Crippen LogP contribution in [-0.2, 0) is 9.84 Å². The van der Waals surface area contributed by atoms with Crippen LogP contribution in [-0.4, -0.2) is 32.5 Å². The Morgan fingerprint density at radius 3 is 2.00 bits per heavy atom. The van der Waals surface area contributed by atoms with Gasteiger partial charge < -0.3 is 5.32 Å². The minimum Gasteiger partial charge on any atom is -0.313 e. The molecular formula is C7H17NO2S. The highest BCUT2D eigenvalue weighted by molar-refractivity contribution is 7.91. The summed E-state index contributed by atoms with van der Waals surface area (Å²) >= 11 is 0. The molecule has 0 heterocycles. The van der Waals surface area contributed by atoms with Crippen LogP contribution in [0.3, 0.4) is 0 Å². The van der Waals surface area contributed by atoms with Gasteiger partial charge in [0.05, 0.1) is 5.25 Å². The number of hydrogen-bond donors (Lipinski definition) is 1. The predicted octanol–water partition coefficient (Wildman–Crippen LogP) is 0.417. The number of hydrogen-bond acceptors (Lipinski definition) is 3. The fourth-order valence-corrected chi connectivity index (χ4v) is 0.952. The predicted molar refractivity (Wildman–Crippen MR) is 47.4 cm³/mol. The molecule has 0 aliphatic carbocycles. The van der Waals surface area contributed by atoms with Gasteiger partial charge in [0.25, 0.3) is 0 Å². The van der Waals surface area contributed by atoms with E-state index in [4.69, 9.17) is 0 Å². The second-order valence-corrected chi connectivity index (χ2v) is 5.67. The van der Waals surface area contributed by atoms with Crippen molar-refractivity contribution >= 4 is 9.84 Å². The van der Waals surface area contributed by atoms with Gasteiger partial charge in [0.1, 0.15) is 0 Å². The lowest BCUT2D eigenvalue weighted by Crippen LogP contribution is -2.34. The van der Waals surface area contributed by atoms with E-state index < -0.39 is 9.84 Å². The highest BCUT2D eigenvalue weighted by Gasteiger charge is 2.13. The summed E-state index contributed by atoms with van der Waals surface area (Å²) in [6, 6.07) is 0.346. The van der Waals surface area contributed by atoms with Gasteiger partial charge in [-0.1, -0.05) is 13.8 Å². The van der Waals surface area contributed by atoms with Crippen molar-refractivity contribution in [3.63, 3.8) is 0 Å². The van der Waals surface area contributed by atoms with Gasteiger partial charge in [0.2, 0.25) is 0 Å². The van der Waals surface area contributed by atoms with Crippen LogP contribution < -0.4 is 5.32 Å². The molecule has 0 saturated carbocycles. The second kappa shape index (κ2) is 4.07. The van der Waals surface area contributed by atoms with Gasteiger partial charge in [-0.05, 0) is 6.92 Å². The lowest BCUT2D eigenvalue weighted by Gasteiger charge is -2.12. The first kappa shape index (κ1) is 10.9. The number of sulfone groups is 1. The van der Waals surface area contributed by atoms with E-state index in [0.29, 0.717) is 12.6 Å². The molecule has 68 valence electrons. The molecule has 0 amide bonds. The molecule has 1 N–H and O–H groups in total. The van der Waals surface area contributed by atoms with Crippen LogP contribution in [0.1, 0.15) is 20.8 Å². The third kappa shape index (κ3) is 5.21. The van der Waals surface area contributed by atoms with E-state index in [9.17, 15) is 8.42 Å². The van der Waals surface area contributed by atoms with E-state index in [1.54, 1.807) is 6.92 Å². The topological polar surface area (TPSA) is 46.2 Å². The molecule has 11 heavy (non-hydrogen) atoms. The molecule has 0 aromatic carbocycles. The molecule has 0 aromatic heterocycles. The van der Waals surface area contributed by atoms with Gasteiger partial charge in [-0.3, -0.25) is 0 Å². The number of rotatable bonds is 4. The molecule has 0 bridgehead atoms. The molecule has 0 aliphatic heterocycles. The van der Waals surface area contributed by atoms with Crippen molar-refractivity contribution < 1.29 is 8.42 Å². The molecule has 0 fully saturated rings. The van der Waals surface area contributed by atoms with Crippen molar-refractivity contribution in [1.29, 1.82) is 0 Å². The average Bonchev–Trinajstić information content (AvgIpc) is 1.80. The largest absolute Gasteiger partial charge is 0.313 e. The average molecular weight is 179 g/mol. The van der Waals surface area contributed by atoms with Crippen LogP contribution in [0.4, 0.5) is 0 Å². The number of nitrogens with one attached hydrogen (secondary N) is 1. The molecule has 0 saturated heterocycles. The molecule has 0 aromatic rings. The molecule has 1 unspecified atom stereocenters. The van der Waals surface area contributed by atoms with E-state index in [-0.39, 0.29) is 5.25 Å². The van der Waals surface area contributed by atoms with Crippen molar-refractivity contribution in [3.05, 3.63) is 0 Å². The van der Waals surface area contributed by atoms with E-state index in [2.05, 4.69) is 5.32 Å². The van der Waals surface area contributed by atoms with Crippen molar-refractivity contribution in [2.75, 3.05) is 12.8 Å². The van der Waals surface area contributed by atoms with Crippen LogP contribution in [0.2, 0.25) is 0 Å². The zero-order chi connectivity index (χ0) is 9.07. The molecule has 4 heteroatoms. The Kier molecular flexibility index (Phi) is 4.03. The monoisotopic (exact) mass is 179 g/mol. The minimum absolute atomic E-state index is 0.287. The Balaban J connectivity index is 3.81. The summed E-state index contributed by atoms with van der Waals surface area (Å²) < 4.78 is 21.8. The van der Waals surface area contributed by atoms with Crippen LogP contribution >= 0.6 is 0 Å². The van der Waals surface area contributed by atoms with E-state index in [1.807, 2.05) is 13.8 Å². The SMILES string of the molecule is CC(C)NCC(C)S(C)(=O)=O. The maximum Gasteiger partial charge on any atom is 0.151 e. The van der Waals surface area contributed by atoms with Gasteiger partial charge in [-0.2, -0.15) is 0 Å². The fraction of sp³-hybridized carbons (Fsp3) is 1.00. The lowest BCUT2D eigenvalue weighted by molar-refractivity contribution is 0.554. The zero-order valence-electron chi connectivity index (χ0n) is 7.59. The van der Waals surface area contributed by atoms with E-state index in [0.717, 1.165) is 0 Å². The van der Waals surface area contributed by atoms with Gasteiger partial charge in [0, 0.05) is 18.8 Å². The third-order valence-corrected chi connectivity index (χ3v) is 3.17. The summed E-state index contributed by atoms with van der Waals surface area (Å²) in [7, 11) is -2.86. The van der Waals surface area contributed by atoms with Crippen molar-refractivity contribution in [2.24, 2.45) is 0 Å².